The van der Waals surface area contributed by atoms with E-state index in [4.69, 9.17) is 0 Å². The molecule has 7 heteroatoms. The van der Waals surface area contributed by atoms with Crippen LogP contribution in [0.2, 0.25) is 0 Å². The molecule has 1 aliphatic heterocycles. The van der Waals surface area contributed by atoms with Crippen molar-refractivity contribution >= 4 is 0 Å². The first-order valence-corrected chi connectivity index (χ1v) is 13.6. The zero-order chi connectivity index (χ0) is 30.3. The van der Waals surface area contributed by atoms with Crippen molar-refractivity contribution in [2.45, 2.75) is 78.4 Å². The summed E-state index contributed by atoms with van der Waals surface area (Å²) in [5, 5.41) is 6.64. The molecule has 0 saturated heterocycles. The van der Waals surface area contributed by atoms with Crippen LogP contribution in [0.3, 0.4) is 0 Å². The molecule has 2 atom stereocenters. The number of nitrogens with one attached hydrogen (secondary N) is 2. The van der Waals surface area contributed by atoms with Crippen molar-refractivity contribution in [1.82, 2.24) is 10.6 Å². The SMILES string of the molecule is C=C(NC(=C/C)/C(=C\C(=C)C(F)(F)F)C(/C)=C/CC)C1=CC(CCCC)C(C)(Cc2cccc(F)c2F)NC1=C. The summed E-state index contributed by atoms with van der Waals surface area (Å²) in [5.74, 6) is -1.83. The average molecular weight is 561 g/mol. The van der Waals surface area contributed by atoms with E-state index in [1.54, 1.807) is 26.0 Å². The number of unbranched alkanes of at least 4 members (excludes halogenated alkanes) is 1. The van der Waals surface area contributed by atoms with Crippen molar-refractivity contribution in [2.75, 3.05) is 0 Å². The second-order valence-corrected chi connectivity index (χ2v) is 10.4. The molecular weight excluding hydrogens is 519 g/mol. The lowest BCUT2D eigenvalue weighted by Gasteiger charge is -2.44. The van der Waals surface area contributed by atoms with E-state index in [2.05, 4.69) is 37.3 Å². The molecule has 40 heavy (non-hydrogen) atoms. The first-order valence-electron chi connectivity index (χ1n) is 13.6. The maximum Gasteiger partial charge on any atom is 0.415 e. The minimum atomic E-state index is -4.56. The smallest absolute Gasteiger partial charge is 0.379 e. The highest BCUT2D eigenvalue weighted by Gasteiger charge is 2.38. The summed E-state index contributed by atoms with van der Waals surface area (Å²) in [7, 11) is 0. The third kappa shape index (κ3) is 8.09. The Labute approximate surface area is 235 Å². The molecule has 0 aliphatic carbocycles. The van der Waals surface area contributed by atoms with Crippen LogP contribution in [0, 0.1) is 17.6 Å². The summed E-state index contributed by atoms with van der Waals surface area (Å²) >= 11 is 0. The number of rotatable bonds is 12. The van der Waals surface area contributed by atoms with E-state index in [-0.39, 0.29) is 17.9 Å². The van der Waals surface area contributed by atoms with Crippen molar-refractivity contribution < 1.29 is 22.0 Å². The van der Waals surface area contributed by atoms with Crippen LogP contribution in [0.5, 0.6) is 0 Å². The van der Waals surface area contributed by atoms with Gasteiger partial charge in [0.1, 0.15) is 0 Å². The monoisotopic (exact) mass is 560 g/mol. The van der Waals surface area contributed by atoms with E-state index in [0.717, 1.165) is 31.4 Å². The molecule has 0 bridgehead atoms. The average Bonchev–Trinajstić information content (AvgIpc) is 2.87. The quantitative estimate of drug-likeness (QED) is 0.197. The molecule has 1 aromatic carbocycles. The first kappa shape index (κ1) is 32.9. The fourth-order valence-electron chi connectivity index (χ4n) is 4.96. The van der Waals surface area contributed by atoms with Crippen LogP contribution in [-0.2, 0) is 6.42 Å². The predicted octanol–water partition coefficient (Wildman–Crippen LogP) is 9.52. The highest BCUT2D eigenvalue weighted by atomic mass is 19.4. The van der Waals surface area contributed by atoms with Gasteiger partial charge in [0.15, 0.2) is 11.6 Å². The number of benzene rings is 1. The zero-order valence-corrected chi connectivity index (χ0v) is 24.2. The molecule has 2 rings (SSSR count). The molecule has 0 radical (unpaired) electrons. The highest BCUT2D eigenvalue weighted by Crippen LogP contribution is 2.38. The summed E-state index contributed by atoms with van der Waals surface area (Å²) in [6.07, 6.45) is 5.58. The number of halogens is 5. The molecule has 2 nitrogen and oxygen atoms in total. The lowest BCUT2D eigenvalue weighted by Crippen LogP contribution is -2.52. The van der Waals surface area contributed by atoms with Gasteiger partial charge in [0, 0.05) is 45.3 Å². The standard InChI is InChI=1S/C33H41F5N2/c1-9-12-16-26-19-28(24(7)40-32(26,8)20-25-15-13-17-29(34)31(25)35)23(6)39-30(11-3)27(21(4)14-10-2)18-22(5)33(36,37)38/h11,13-15,17-19,26,39-40H,5-7,9-10,12,16,20H2,1-4,8H3/b21-14+,27-18-,30-11+. The largest absolute Gasteiger partial charge is 0.415 e. The van der Waals surface area contributed by atoms with Gasteiger partial charge in [-0.25, -0.2) is 8.78 Å². The van der Waals surface area contributed by atoms with Gasteiger partial charge < -0.3 is 10.6 Å². The molecule has 2 unspecified atom stereocenters. The van der Waals surface area contributed by atoms with Crippen molar-refractivity contribution in [1.29, 1.82) is 0 Å². The van der Waals surface area contributed by atoms with Gasteiger partial charge in [0.05, 0.1) is 0 Å². The van der Waals surface area contributed by atoms with Gasteiger partial charge in [0.25, 0.3) is 0 Å². The Kier molecular flexibility index (Phi) is 11.4. The van der Waals surface area contributed by atoms with Crippen LogP contribution in [-0.4, -0.2) is 11.7 Å². The van der Waals surface area contributed by atoms with E-state index in [1.807, 2.05) is 26.0 Å². The number of hydrogen-bond donors (Lipinski definition) is 2. The van der Waals surface area contributed by atoms with E-state index in [9.17, 15) is 22.0 Å². The second kappa shape index (κ2) is 13.8. The van der Waals surface area contributed by atoms with Crippen molar-refractivity contribution in [3.8, 4) is 0 Å². The molecule has 2 N–H and O–H groups in total. The van der Waals surface area contributed by atoms with E-state index in [0.29, 0.717) is 40.2 Å². The first-order chi connectivity index (χ1) is 18.7. The Morgan fingerprint density at radius 3 is 2.42 bits per heavy atom. The number of allylic oxidation sites excluding steroid dienone is 5. The molecular formula is C33H41F5N2. The molecule has 0 amide bonds. The van der Waals surface area contributed by atoms with Crippen molar-refractivity contribution in [2.24, 2.45) is 5.92 Å². The molecule has 1 heterocycles. The van der Waals surface area contributed by atoms with Crippen molar-refractivity contribution in [3.05, 3.63) is 119 Å². The Bertz CT molecular complexity index is 1250. The molecule has 1 aromatic rings. The predicted molar refractivity (Wildman–Crippen MR) is 155 cm³/mol. The van der Waals surface area contributed by atoms with E-state index >= 15 is 0 Å². The molecule has 0 spiro atoms. The van der Waals surface area contributed by atoms with Crippen LogP contribution in [0.25, 0.3) is 0 Å². The Morgan fingerprint density at radius 2 is 1.85 bits per heavy atom. The van der Waals surface area contributed by atoms with Gasteiger partial charge in [-0.1, -0.05) is 76.8 Å². The van der Waals surface area contributed by atoms with Crippen molar-refractivity contribution in [3.63, 3.8) is 0 Å². The Balaban J connectivity index is 2.46. The minimum Gasteiger partial charge on any atom is -0.379 e. The molecule has 0 aromatic heterocycles. The minimum absolute atomic E-state index is 0.0787. The third-order valence-corrected chi connectivity index (χ3v) is 7.21. The van der Waals surface area contributed by atoms with Gasteiger partial charge in [-0.2, -0.15) is 13.2 Å². The van der Waals surface area contributed by atoms with E-state index in [1.165, 1.54) is 6.07 Å². The normalized spacial score (nSPS) is 20.6. The van der Waals surface area contributed by atoms with Crippen LogP contribution in [0.1, 0.15) is 65.9 Å². The lowest BCUT2D eigenvalue weighted by atomic mass is 9.73. The second-order valence-electron chi connectivity index (χ2n) is 10.4. The third-order valence-electron chi connectivity index (χ3n) is 7.21. The Hall–Kier alpha value is -3.35. The summed E-state index contributed by atoms with van der Waals surface area (Å²) in [4.78, 5) is 0. The fraction of sp³-hybridized carbons (Fsp3) is 0.394. The van der Waals surface area contributed by atoms with Gasteiger partial charge in [-0.3, -0.25) is 0 Å². The summed E-state index contributed by atoms with van der Waals surface area (Å²) < 4.78 is 68.6. The summed E-state index contributed by atoms with van der Waals surface area (Å²) in [6, 6.07) is 4.17. The molecule has 218 valence electrons. The highest BCUT2D eigenvalue weighted by molar-refractivity contribution is 5.54. The van der Waals surface area contributed by atoms with Crippen LogP contribution in [0.15, 0.2) is 102 Å². The Morgan fingerprint density at radius 1 is 1.18 bits per heavy atom. The fourth-order valence-corrected chi connectivity index (χ4v) is 4.96. The molecule has 0 fully saturated rings. The number of hydrogen-bond acceptors (Lipinski definition) is 2. The van der Waals surface area contributed by atoms with Crippen LogP contribution in [0.4, 0.5) is 22.0 Å². The van der Waals surface area contributed by atoms with Crippen LogP contribution >= 0.6 is 0 Å². The molecule has 1 aliphatic rings. The summed E-state index contributed by atoms with van der Waals surface area (Å²) in [6.45, 7) is 21.0. The lowest BCUT2D eigenvalue weighted by molar-refractivity contribution is -0.0878. The number of alkyl halides is 3. The maximum atomic E-state index is 14.6. The zero-order valence-electron chi connectivity index (χ0n) is 24.2. The van der Waals surface area contributed by atoms with Crippen LogP contribution < -0.4 is 10.6 Å². The maximum absolute atomic E-state index is 14.6. The topological polar surface area (TPSA) is 24.1 Å². The van der Waals surface area contributed by atoms with E-state index < -0.39 is 28.9 Å². The summed E-state index contributed by atoms with van der Waals surface area (Å²) in [5.41, 5.74) is 1.82. The van der Waals surface area contributed by atoms with Gasteiger partial charge in [-0.05, 0) is 63.3 Å². The van der Waals surface area contributed by atoms with Gasteiger partial charge in [-0.15, -0.1) is 0 Å². The molecule has 0 saturated carbocycles. The van der Waals surface area contributed by atoms with Gasteiger partial charge >= 0.3 is 6.18 Å². The van der Waals surface area contributed by atoms with Gasteiger partial charge in [0.2, 0.25) is 0 Å².